The topological polar surface area (TPSA) is 56.1 Å². The van der Waals surface area contributed by atoms with E-state index in [-0.39, 0.29) is 0 Å². The Balaban J connectivity index is 0.00000102. The minimum atomic E-state index is 0.734. The van der Waals surface area contributed by atoms with Gasteiger partial charge in [-0.05, 0) is 26.0 Å². The van der Waals surface area contributed by atoms with Gasteiger partial charge in [-0.25, -0.2) is 14.6 Å². The lowest BCUT2D eigenvalue weighted by Crippen LogP contribution is -2.37. The number of hydrogen-bond donors (Lipinski definition) is 0. The molecule has 3 aromatic rings. The fraction of sp³-hybridized carbons (Fsp3) is 0.381. The molecule has 1 saturated heterocycles. The molecule has 4 rings (SSSR count). The second-order valence-corrected chi connectivity index (χ2v) is 6.25. The highest BCUT2D eigenvalue weighted by Gasteiger charge is 2.15. The molecule has 1 aliphatic rings. The summed E-state index contributed by atoms with van der Waals surface area (Å²) >= 11 is 0. The van der Waals surface area contributed by atoms with Crippen LogP contribution >= 0.6 is 0 Å². The summed E-state index contributed by atoms with van der Waals surface area (Å²) in [4.78, 5) is 11.4. The third-order valence-corrected chi connectivity index (χ3v) is 4.28. The molecule has 0 N–H and O–H groups in total. The molecule has 0 amide bonds. The summed E-state index contributed by atoms with van der Waals surface area (Å²) in [6.07, 6.45) is 1.95. The molecule has 0 atom stereocenters. The van der Waals surface area contributed by atoms with Gasteiger partial charge in [0, 0.05) is 30.9 Å². The molecule has 0 unspecified atom stereocenters. The summed E-state index contributed by atoms with van der Waals surface area (Å²) in [6.45, 7) is 11.2. The van der Waals surface area contributed by atoms with Crippen molar-refractivity contribution in [1.29, 1.82) is 0 Å². The lowest BCUT2D eigenvalue weighted by Gasteiger charge is -2.28. The average molecular weight is 365 g/mol. The van der Waals surface area contributed by atoms with Crippen LogP contribution in [0.1, 0.15) is 25.2 Å². The van der Waals surface area contributed by atoms with Crippen LogP contribution in [0.3, 0.4) is 0 Å². The summed E-state index contributed by atoms with van der Waals surface area (Å²) in [5, 5.41) is 4.70. The van der Waals surface area contributed by atoms with Gasteiger partial charge in [-0.15, -0.1) is 0 Å². The van der Waals surface area contributed by atoms with Crippen molar-refractivity contribution in [1.82, 2.24) is 19.7 Å². The third kappa shape index (κ3) is 4.52. The van der Waals surface area contributed by atoms with E-state index in [1.807, 2.05) is 43.8 Å². The van der Waals surface area contributed by atoms with E-state index >= 15 is 0 Å². The molecule has 0 radical (unpaired) electrons. The third-order valence-electron chi connectivity index (χ3n) is 4.28. The molecule has 1 aliphatic heterocycles. The Bertz CT molecular complexity index is 884. The number of benzene rings is 1. The van der Waals surface area contributed by atoms with E-state index in [0.29, 0.717) is 0 Å². The fourth-order valence-electron chi connectivity index (χ4n) is 3.02. The predicted molar refractivity (Wildman–Crippen MR) is 108 cm³/mol. The predicted octanol–water partition coefficient (Wildman–Crippen LogP) is 3.81. The van der Waals surface area contributed by atoms with Gasteiger partial charge in [0.2, 0.25) is 0 Å². The maximum absolute atomic E-state index is 5.43. The van der Waals surface area contributed by atoms with Gasteiger partial charge in [-0.3, -0.25) is 0 Å². The molecule has 6 heteroatoms. The maximum atomic E-state index is 5.43. The van der Waals surface area contributed by atoms with Crippen molar-refractivity contribution in [3.05, 3.63) is 54.0 Å². The van der Waals surface area contributed by atoms with Gasteiger partial charge in [0.25, 0.3) is 0 Å². The second kappa shape index (κ2) is 8.77. The molecule has 0 aliphatic carbocycles. The highest BCUT2D eigenvalue weighted by molar-refractivity contribution is 5.60. The number of ether oxygens (including phenoxy) is 1. The minimum absolute atomic E-state index is 0.734. The molecule has 1 fully saturated rings. The van der Waals surface area contributed by atoms with E-state index in [9.17, 15) is 0 Å². The zero-order valence-electron chi connectivity index (χ0n) is 16.5. The first-order chi connectivity index (χ1) is 13.2. The van der Waals surface area contributed by atoms with Crippen molar-refractivity contribution in [2.75, 3.05) is 31.2 Å². The monoisotopic (exact) mass is 365 g/mol. The quantitative estimate of drug-likeness (QED) is 0.706. The van der Waals surface area contributed by atoms with Crippen LogP contribution in [-0.4, -0.2) is 46.1 Å². The van der Waals surface area contributed by atoms with Crippen molar-refractivity contribution >= 4 is 5.82 Å². The molecule has 3 heterocycles. The van der Waals surface area contributed by atoms with E-state index in [2.05, 4.69) is 46.1 Å². The summed E-state index contributed by atoms with van der Waals surface area (Å²) in [5.74, 6) is 2.46. The zero-order valence-corrected chi connectivity index (χ0v) is 16.5. The van der Waals surface area contributed by atoms with Crippen LogP contribution in [0.25, 0.3) is 17.1 Å². The first-order valence-electron chi connectivity index (χ1n) is 9.50. The normalized spacial score (nSPS) is 13.9. The van der Waals surface area contributed by atoms with Gasteiger partial charge in [-0.2, -0.15) is 5.10 Å². The lowest BCUT2D eigenvalue weighted by molar-refractivity contribution is 0.122. The Morgan fingerprint density at radius 1 is 0.926 bits per heavy atom. The SMILES string of the molecule is CC.Cc1cccc(-c2ccn(-c3cc(N4CCOCC4)nc(C)n3)n2)c1. The number of aromatic nitrogens is 4. The molecule has 27 heavy (non-hydrogen) atoms. The van der Waals surface area contributed by atoms with Crippen molar-refractivity contribution in [2.24, 2.45) is 0 Å². The van der Waals surface area contributed by atoms with Crippen molar-refractivity contribution in [2.45, 2.75) is 27.7 Å². The van der Waals surface area contributed by atoms with Crippen LogP contribution in [0, 0.1) is 13.8 Å². The van der Waals surface area contributed by atoms with Gasteiger partial charge < -0.3 is 9.64 Å². The number of nitrogens with zero attached hydrogens (tertiary/aromatic N) is 5. The Morgan fingerprint density at radius 3 is 2.41 bits per heavy atom. The highest BCUT2D eigenvalue weighted by Crippen LogP contribution is 2.21. The van der Waals surface area contributed by atoms with Crippen LogP contribution in [-0.2, 0) is 4.74 Å². The largest absolute Gasteiger partial charge is 0.378 e. The Morgan fingerprint density at radius 2 is 1.67 bits per heavy atom. The zero-order chi connectivity index (χ0) is 19.2. The van der Waals surface area contributed by atoms with Crippen LogP contribution in [0.2, 0.25) is 0 Å². The van der Waals surface area contributed by atoms with Gasteiger partial charge in [0.15, 0.2) is 5.82 Å². The molecular formula is C21H27N5O. The number of anilines is 1. The Labute approximate surface area is 160 Å². The molecule has 1 aromatic carbocycles. The highest BCUT2D eigenvalue weighted by atomic mass is 16.5. The van der Waals surface area contributed by atoms with E-state index in [4.69, 9.17) is 9.84 Å². The smallest absolute Gasteiger partial charge is 0.159 e. The first kappa shape index (κ1) is 19.0. The maximum Gasteiger partial charge on any atom is 0.159 e. The molecule has 0 spiro atoms. The van der Waals surface area contributed by atoms with Gasteiger partial charge >= 0.3 is 0 Å². The average Bonchev–Trinajstić information content (AvgIpc) is 3.20. The molecular weight excluding hydrogens is 338 g/mol. The summed E-state index contributed by atoms with van der Waals surface area (Å²) in [7, 11) is 0. The fourth-order valence-corrected chi connectivity index (χ4v) is 3.02. The number of hydrogen-bond acceptors (Lipinski definition) is 5. The molecule has 0 saturated carbocycles. The van der Waals surface area contributed by atoms with Crippen LogP contribution in [0.15, 0.2) is 42.6 Å². The van der Waals surface area contributed by atoms with Crippen LogP contribution < -0.4 is 4.90 Å². The summed E-state index contributed by atoms with van der Waals surface area (Å²) in [6, 6.07) is 12.4. The van der Waals surface area contributed by atoms with E-state index in [1.54, 1.807) is 0 Å². The van der Waals surface area contributed by atoms with Gasteiger partial charge in [-0.1, -0.05) is 37.6 Å². The van der Waals surface area contributed by atoms with Gasteiger partial charge in [0.1, 0.15) is 11.6 Å². The number of morpholine rings is 1. The van der Waals surface area contributed by atoms with E-state index in [0.717, 1.165) is 55.0 Å². The van der Waals surface area contributed by atoms with Crippen molar-refractivity contribution in [3.8, 4) is 17.1 Å². The summed E-state index contributed by atoms with van der Waals surface area (Å²) < 4.78 is 7.24. The van der Waals surface area contributed by atoms with E-state index in [1.165, 1.54) is 5.56 Å². The standard InChI is InChI=1S/C19H21N5O.C2H6/c1-14-4-3-5-16(12-14)17-6-7-24(22-17)19-13-18(20-15(2)21-19)23-8-10-25-11-9-23;1-2/h3-7,12-13H,8-11H2,1-2H3;1-2H3. The number of rotatable bonds is 3. The van der Waals surface area contributed by atoms with Gasteiger partial charge in [0.05, 0.1) is 18.9 Å². The lowest BCUT2D eigenvalue weighted by atomic mass is 10.1. The van der Waals surface area contributed by atoms with E-state index < -0.39 is 0 Å². The second-order valence-electron chi connectivity index (χ2n) is 6.25. The van der Waals surface area contributed by atoms with Crippen molar-refractivity contribution < 1.29 is 4.74 Å². The molecule has 142 valence electrons. The van der Waals surface area contributed by atoms with Crippen molar-refractivity contribution in [3.63, 3.8) is 0 Å². The van der Waals surface area contributed by atoms with Crippen LogP contribution in [0.4, 0.5) is 5.82 Å². The first-order valence-corrected chi connectivity index (χ1v) is 9.50. The molecule has 0 bridgehead atoms. The summed E-state index contributed by atoms with van der Waals surface area (Å²) in [5.41, 5.74) is 3.27. The Hall–Kier alpha value is -2.73. The Kier molecular flexibility index (Phi) is 6.19. The minimum Gasteiger partial charge on any atom is -0.378 e. The molecule has 2 aromatic heterocycles. The number of aryl methyl sites for hydroxylation is 2. The molecule has 6 nitrogen and oxygen atoms in total. The van der Waals surface area contributed by atoms with Crippen LogP contribution in [0.5, 0.6) is 0 Å².